The lowest BCUT2D eigenvalue weighted by atomic mass is 10.7. The first-order valence-electron chi connectivity index (χ1n) is 3.58. The van der Waals surface area contributed by atoms with Crippen molar-refractivity contribution in [3.05, 3.63) is 18.5 Å². The van der Waals surface area contributed by atoms with Crippen molar-refractivity contribution in [3.8, 4) is 0 Å². The Bertz CT molecular complexity index is 457. The number of carbonyl (C=O) groups excluding carboxylic acids is 1. The molecule has 1 amide bonds. The molecule has 0 radical (unpaired) electrons. The van der Waals surface area contributed by atoms with E-state index in [1.165, 1.54) is 18.5 Å². The number of aromatic nitrogens is 2. The van der Waals surface area contributed by atoms with E-state index in [4.69, 9.17) is 0 Å². The van der Waals surface area contributed by atoms with Gasteiger partial charge in [0, 0.05) is 12.4 Å². The van der Waals surface area contributed by atoms with E-state index in [0.717, 1.165) is 0 Å². The highest BCUT2D eigenvalue weighted by Crippen LogP contribution is 2.19. The van der Waals surface area contributed by atoms with Gasteiger partial charge in [-0.2, -0.15) is 0 Å². The lowest BCUT2D eigenvalue weighted by Crippen LogP contribution is -2.30. The number of ether oxygens (including phenoxy) is 1. The summed E-state index contributed by atoms with van der Waals surface area (Å²) in [5.74, 6) is -0.862. The fourth-order valence-electron chi connectivity index (χ4n) is 0.952. The van der Waals surface area contributed by atoms with Crippen molar-refractivity contribution in [2.24, 2.45) is 0 Å². The maximum Gasteiger partial charge on any atom is 0.432 e. The second kappa shape index (κ2) is 2.91. The van der Waals surface area contributed by atoms with Gasteiger partial charge < -0.3 is 4.74 Å². The summed E-state index contributed by atoms with van der Waals surface area (Å²) in [5.41, 5.74) is 0. The van der Waals surface area contributed by atoms with E-state index < -0.39 is 22.1 Å². The zero-order valence-corrected chi connectivity index (χ0v) is 7.64. The maximum atomic E-state index is 11.3. The molecule has 1 fully saturated rings. The van der Waals surface area contributed by atoms with Gasteiger partial charge in [0.15, 0.2) is 0 Å². The van der Waals surface area contributed by atoms with Crippen LogP contribution in [0.3, 0.4) is 0 Å². The van der Waals surface area contributed by atoms with Gasteiger partial charge in [-0.1, -0.05) is 0 Å². The standard InChI is InChI=1S/C6H5N3O4S/c10-6-9(14(11,12)4-13-6)5-7-2-1-3-8-5/h1-3H,4H2. The average Bonchev–Trinajstić information content (AvgIpc) is 2.42. The molecule has 0 spiro atoms. The SMILES string of the molecule is O=C1OCS(=O)(=O)N1c1ncccn1. The van der Waals surface area contributed by atoms with Gasteiger partial charge in [0.2, 0.25) is 11.9 Å². The molecule has 74 valence electrons. The third-order valence-electron chi connectivity index (χ3n) is 1.51. The molecule has 7 nitrogen and oxygen atoms in total. The normalized spacial score (nSPS) is 19.4. The molecule has 0 aromatic carbocycles. The third-order valence-corrected chi connectivity index (χ3v) is 2.79. The number of rotatable bonds is 1. The molecule has 14 heavy (non-hydrogen) atoms. The number of sulfonamides is 1. The van der Waals surface area contributed by atoms with E-state index >= 15 is 0 Å². The zero-order chi connectivity index (χ0) is 10.2. The van der Waals surface area contributed by atoms with Crippen LogP contribution in [0.25, 0.3) is 0 Å². The van der Waals surface area contributed by atoms with Crippen molar-refractivity contribution in [1.29, 1.82) is 0 Å². The number of amides is 1. The lowest BCUT2D eigenvalue weighted by Gasteiger charge is -2.07. The number of carbonyl (C=O) groups is 1. The van der Waals surface area contributed by atoms with Gasteiger partial charge in [-0.25, -0.2) is 23.2 Å². The second-order valence-corrected chi connectivity index (χ2v) is 4.22. The summed E-state index contributed by atoms with van der Waals surface area (Å²) >= 11 is 0. The highest BCUT2D eigenvalue weighted by Gasteiger charge is 2.40. The lowest BCUT2D eigenvalue weighted by molar-refractivity contribution is 0.183. The summed E-state index contributed by atoms with van der Waals surface area (Å²) in [5, 5.41) is 0. The van der Waals surface area contributed by atoms with E-state index in [1.807, 2.05) is 0 Å². The van der Waals surface area contributed by atoms with Crippen molar-refractivity contribution in [2.45, 2.75) is 0 Å². The van der Waals surface area contributed by atoms with Crippen LogP contribution >= 0.6 is 0 Å². The summed E-state index contributed by atoms with van der Waals surface area (Å²) in [6.07, 6.45) is 1.70. The molecule has 1 aliphatic heterocycles. The predicted octanol–water partition coefficient (Wildman–Crippen LogP) is -0.279. The molecule has 0 unspecified atom stereocenters. The Kier molecular flexibility index (Phi) is 1.84. The van der Waals surface area contributed by atoms with Crippen LogP contribution < -0.4 is 4.31 Å². The highest BCUT2D eigenvalue weighted by atomic mass is 32.2. The van der Waals surface area contributed by atoms with Crippen LogP contribution in [0.15, 0.2) is 18.5 Å². The fraction of sp³-hybridized carbons (Fsp3) is 0.167. The van der Waals surface area contributed by atoms with Crippen molar-refractivity contribution >= 4 is 22.1 Å². The van der Waals surface area contributed by atoms with Crippen molar-refractivity contribution in [3.63, 3.8) is 0 Å². The molecule has 0 bridgehead atoms. The van der Waals surface area contributed by atoms with Gasteiger partial charge in [0.1, 0.15) is 0 Å². The van der Waals surface area contributed by atoms with E-state index in [2.05, 4.69) is 14.7 Å². The van der Waals surface area contributed by atoms with Gasteiger partial charge in [0.25, 0.3) is 10.0 Å². The number of nitrogens with zero attached hydrogens (tertiary/aromatic N) is 3. The quantitative estimate of drug-likeness (QED) is 0.640. The second-order valence-electron chi connectivity index (χ2n) is 2.45. The Morgan fingerprint density at radius 2 is 2.00 bits per heavy atom. The van der Waals surface area contributed by atoms with Gasteiger partial charge in [-0.3, -0.25) is 0 Å². The summed E-state index contributed by atoms with van der Waals surface area (Å²) < 4.78 is 27.3. The van der Waals surface area contributed by atoms with Crippen molar-refractivity contribution in [2.75, 3.05) is 10.2 Å². The molecule has 0 saturated carbocycles. The van der Waals surface area contributed by atoms with Gasteiger partial charge >= 0.3 is 6.09 Å². The van der Waals surface area contributed by atoms with Crippen LogP contribution in [0.5, 0.6) is 0 Å². The van der Waals surface area contributed by atoms with Crippen LogP contribution in [-0.4, -0.2) is 30.4 Å². The van der Waals surface area contributed by atoms with E-state index in [-0.39, 0.29) is 5.95 Å². The molecule has 1 aromatic rings. The topological polar surface area (TPSA) is 89.5 Å². The largest absolute Gasteiger partial charge is 0.432 e. The van der Waals surface area contributed by atoms with Crippen LogP contribution in [0.2, 0.25) is 0 Å². The minimum atomic E-state index is -3.75. The van der Waals surface area contributed by atoms with Gasteiger partial charge in [0.05, 0.1) is 0 Å². The minimum Gasteiger partial charge on any atom is -0.430 e. The molecule has 1 aromatic heterocycles. The Labute approximate surface area is 79.4 Å². The van der Waals surface area contributed by atoms with E-state index in [0.29, 0.717) is 4.31 Å². The first-order valence-corrected chi connectivity index (χ1v) is 5.19. The molecule has 0 N–H and O–H groups in total. The fourth-order valence-corrected chi connectivity index (χ4v) is 1.93. The van der Waals surface area contributed by atoms with Crippen molar-refractivity contribution < 1.29 is 17.9 Å². The first-order chi connectivity index (χ1) is 6.61. The minimum absolute atomic E-state index is 0.199. The first kappa shape index (κ1) is 8.88. The number of hydrogen-bond donors (Lipinski definition) is 0. The molecule has 1 aliphatic rings. The van der Waals surface area contributed by atoms with Crippen LogP contribution in [0.4, 0.5) is 10.7 Å². The Balaban J connectivity index is 2.49. The van der Waals surface area contributed by atoms with Crippen molar-refractivity contribution in [1.82, 2.24) is 9.97 Å². The maximum absolute atomic E-state index is 11.3. The van der Waals surface area contributed by atoms with Crippen LogP contribution in [0, 0.1) is 0 Å². The number of cyclic esters (lactones) is 1. The summed E-state index contributed by atoms with van der Waals surface area (Å²) in [7, 11) is -3.75. The molecule has 1 saturated heterocycles. The van der Waals surface area contributed by atoms with Crippen LogP contribution in [-0.2, 0) is 14.8 Å². The van der Waals surface area contributed by atoms with E-state index in [9.17, 15) is 13.2 Å². The third kappa shape index (κ3) is 1.29. The molecular weight excluding hydrogens is 210 g/mol. The number of hydrogen-bond acceptors (Lipinski definition) is 6. The molecule has 2 heterocycles. The average molecular weight is 215 g/mol. The molecule has 0 atom stereocenters. The monoisotopic (exact) mass is 215 g/mol. The Morgan fingerprint density at radius 1 is 1.36 bits per heavy atom. The Hall–Kier alpha value is -1.70. The molecule has 0 aliphatic carbocycles. The summed E-state index contributed by atoms with van der Waals surface area (Å²) in [6.45, 7) is 0. The van der Waals surface area contributed by atoms with E-state index in [1.54, 1.807) is 0 Å². The highest BCUT2D eigenvalue weighted by molar-refractivity contribution is 7.93. The Morgan fingerprint density at radius 3 is 2.50 bits per heavy atom. The van der Waals surface area contributed by atoms with Crippen LogP contribution in [0.1, 0.15) is 0 Å². The molecular formula is C6H5N3O4S. The predicted molar refractivity (Wildman–Crippen MR) is 44.8 cm³/mol. The zero-order valence-electron chi connectivity index (χ0n) is 6.82. The summed E-state index contributed by atoms with van der Waals surface area (Å²) in [4.78, 5) is 18.3. The van der Waals surface area contributed by atoms with Gasteiger partial charge in [-0.15, -0.1) is 4.31 Å². The summed E-state index contributed by atoms with van der Waals surface area (Å²) in [6, 6.07) is 1.51. The molecule has 2 rings (SSSR count). The van der Waals surface area contributed by atoms with Gasteiger partial charge in [-0.05, 0) is 6.07 Å². The molecule has 8 heteroatoms. The number of anilines is 1. The smallest absolute Gasteiger partial charge is 0.430 e.